The van der Waals surface area contributed by atoms with Crippen molar-refractivity contribution >= 4 is 39.2 Å². The molecule has 0 radical (unpaired) electrons. The van der Waals surface area contributed by atoms with Crippen LogP contribution in [0.5, 0.6) is 0 Å². The van der Waals surface area contributed by atoms with E-state index in [0.29, 0.717) is 0 Å². The fraction of sp³-hybridized carbons (Fsp3) is 0.250. The summed E-state index contributed by atoms with van der Waals surface area (Å²) in [6, 6.07) is 10.2. The van der Waals surface area contributed by atoms with E-state index in [4.69, 9.17) is 16.3 Å². The van der Waals surface area contributed by atoms with E-state index in [9.17, 15) is 0 Å². The highest BCUT2D eigenvalue weighted by Crippen LogP contribution is 2.74. The number of hydrogen-bond acceptors (Lipinski definition) is 4. The van der Waals surface area contributed by atoms with Gasteiger partial charge >= 0.3 is 0 Å². The van der Waals surface area contributed by atoms with Gasteiger partial charge in [0.05, 0.1) is 6.61 Å². The Bertz CT molecular complexity index is 317. The summed E-state index contributed by atoms with van der Waals surface area (Å²) >= 11 is 8.99. The van der Waals surface area contributed by atoms with Gasteiger partial charge in [-0.25, -0.2) is 0 Å². The normalized spacial score (nSPS) is 27.7. The van der Waals surface area contributed by atoms with Crippen molar-refractivity contribution in [2.24, 2.45) is 0 Å². The summed E-state index contributed by atoms with van der Waals surface area (Å²) in [5.74, 6) is 1.05. The summed E-state index contributed by atoms with van der Waals surface area (Å²) in [4.78, 5) is 1.22. The molecule has 0 amide bonds. The molecular formula is C8H9OPS3. The van der Waals surface area contributed by atoms with E-state index in [0.717, 1.165) is 12.4 Å². The lowest BCUT2D eigenvalue weighted by Crippen LogP contribution is -1.77. The van der Waals surface area contributed by atoms with Gasteiger partial charge in [0.2, 0.25) is 0 Å². The van der Waals surface area contributed by atoms with Crippen LogP contribution in [0.1, 0.15) is 0 Å². The molecule has 0 aromatic heterocycles. The Hall–Kier alpha value is 0.530. The summed E-state index contributed by atoms with van der Waals surface area (Å²) in [6.45, 7) is 0.821. The van der Waals surface area contributed by atoms with Crippen LogP contribution in [-0.2, 0) is 16.3 Å². The van der Waals surface area contributed by atoms with Crippen molar-refractivity contribution in [3.63, 3.8) is 0 Å². The first-order chi connectivity index (χ1) is 6.29. The molecule has 1 atom stereocenters. The summed E-state index contributed by atoms with van der Waals surface area (Å²) in [6.07, 6.45) is 0. The molecule has 0 spiro atoms. The van der Waals surface area contributed by atoms with Gasteiger partial charge in [0.15, 0.2) is 4.67 Å². The van der Waals surface area contributed by atoms with Crippen molar-refractivity contribution in [2.45, 2.75) is 4.90 Å². The van der Waals surface area contributed by atoms with E-state index < -0.39 is 4.67 Å². The van der Waals surface area contributed by atoms with Crippen molar-refractivity contribution in [3.8, 4) is 0 Å². The van der Waals surface area contributed by atoms with E-state index >= 15 is 0 Å². The zero-order chi connectivity index (χ0) is 9.15. The SMILES string of the molecule is S=P1(Sc2ccccc2)OCCS1. The van der Waals surface area contributed by atoms with Crippen LogP contribution in [-0.4, -0.2) is 12.4 Å². The lowest BCUT2D eigenvalue weighted by atomic mass is 10.4. The lowest BCUT2D eigenvalue weighted by Gasteiger charge is -2.11. The third kappa shape index (κ3) is 2.74. The summed E-state index contributed by atoms with van der Waals surface area (Å²) in [5.41, 5.74) is 0. The maximum absolute atomic E-state index is 5.60. The quantitative estimate of drug-likeness (QED) is 0.736. The van der Waals surface area contributed by atoms with Crippen molar-refractivity contribution in [2.75, 3.05) is 12.4 Å². The van der Waals surface area contributed by atoms with E-state index in [1.54, 1.807) is 22.8 Å². The Morgan fingerprint density at radius 2 is 2.15 bits per heavy atom. The van der Waals surface area contributed by atoms with Crippen LogP contribution in [0.3, 0.4) is 0 Å². The van der Waals surface area contributed by atoms with Gasteiger partial charge in [-0.3, -0.25) is 0 Å². The molecule has 1 fully saturated rings. The monoisotopic (exact) mass is 248 g/mol. The predicted molar refractivity (Wildman–Crippen MR) is 65.0 cm³/mol. The van der Waals surface area contributed by atoms with Gasteiger partial charge in [0, 0.05) is 10.6 Å². The highest BCUT2D eigenvalue weighted by Gasteiger charge is 2.25. The molecule has 1 nitrogen and oxygen atoms in total. The molecule has 2 rings (SSSR count). The van der Waals surface area contributed by atoms with Crippen molar-refractivity contribution in [3.05, 3.63) is 30.3 Å². The topological polar surface area (TPSA) is 9.23 Å². The Morgan fingerprint density at radius 3 is 2.77 bits per heavy atom. The molecule has 13 heavy (non-hydrogen) atoms. The van der Waals surface area contributed by atoms with Gasteiger partial charge in [0.25, 0.3) is 0 Å². The summed E-state index contributed by atoms with van der Waals surface area (Å²) in [5, 5.41) is 0. The highest BCUT2D eigenvalue weighted by atomic mass is 33.2. The van der Waals surface area contributed by atoms with Crippen LogP contribution in [0.25, 0.3) is 0 Å². The largest absolute Gasteiger partial charge is 0.333 e. The van der Waals surface area contributed by atoms with E-state index in [1.807, 2.05) is 18.2 Å². The maximum atomic E-state index is 5.60. The molecule has 5 heteroatoms. The second-order valence-electron chi connectivity index (χ2n) is 2.52. The second-order valence-corrected chi connectivity index (χ2v) is 13.0. The molecule has 1 aromatic carbocycles. The average Bonchev–Trinajstić information content (AvgIpc) is 2.54. The van der Waals surface area contributed by atoms with E-state index in [2.05, 4.69) is 12.1 Å². The zero-order valence-corrected chi connectivity index (χ0v) is 10.2. The summed E-state index contributed by atoms with van der Waals surface area (Å²) in [7, 11) is 0. The highest BCUT2D eigenvalue weighted by molar-refractivity contribution is 8.99. The van der Waals surface area contributed by atoms with Crippen LogP contribution in [0.4, 0.5) is 0 Å². The Balaban J connectivity index is 2.10. The molecule has 0 saturated carbocycles. The predicted octanol–water partition coefficient (Wildman–Crippen LogP) is 3.77. The summed E-state index contributed by atoms with van der Waals surface area (Å²) < 4.78 is 3.97. The molecule has 1 aliphatic heterocycles. The third-order valence-electron chi connectivity index (χ3n) is 1.54. The Kier molecular flexibility index (Phi) is 3.38. The molecule has 1 aliphatic rings. The van der Waals surface area contributed by atoms with E-state index in [-0.39, 0.29) is 0 Å². The van der Waals surface area contributed by atoms with Crippen LogP contribution in [0.15, 0.2) is 35.2 Å². The number of hydrogen-bond donors (Lipinski definition) is 0. The molecule has 1 unspecified atom stereocenters. The second kappa shape index (κ2) is 4.37. The minimum Gasteiger partial charge on any atom is -0.333 e. The molecule has 0 aliphatic carbocycles. The first kappa shape index (κ1) is 10.1. The smallest absolute Gasteiger partial charge is 0.179 e. The van der Waals surface area contributed by atoms with Crippen LogP contribution < -0.4 is 0 Å². The minimum absolute atomic E-state index is 0.821. The molecule has 1 aromatic rings. The standard InChI is InChI=1S/C8H9OPS3/c11-10(9-6-7-12-10)13-8-4-2-1-3-5-8/h1-5H,6-7H2. The van der Waals surface area contributed by atoms with E-state index in [1.165, 1.54) is 4.90 Å². The average molecular weight is 248 g/mol. The third-order valence-corrected chi connectivity index (χ3v) is 10.4. The Morgan fingerprint density at radius 1 is 1.38 bits per heavy atom. The number of benzene rings is 1. The van der Waals surface area contributed by atoms with Crippen LogP contribution in [0.2, 0.25) is 0 Å². The number of rotatable bonds is 2. The molecule has 1 saturated heterocycles. The molecular weight excluding hydrogens is 239 g/mol. The van der Waals surface area contributed by atoms with Crippen LogP contribution in [0, 0.1) is 0 Å². The van der Waals surface area contributed by atoms with Crippen molar-refractivity contribution in [1.29, 1.82) is 0 Å². The molecule has 0 bridgehead atoms. The first-order valence-electron chi connectivity index (χ1n) is 3.92. The lowest BCUT2D eigenvalue weighted by molar-refractivity contribution is 0.406. The van der Waals surface area contributed by atoms with Crippen molar-refractivity contribution < 1.29 is 4.52 Å². The fourth-order valence-corrected chi connectivity index (χ4v) is 9.15. The van der Waals surface area contributed by atoms with Gasteiger partial charge in [-0.1, -0.05) is 41.0 Å². The molecule has 0 N–H and O–H groups in total. The molecule has 70 valence electrons. The first-order valence-corrected chi connectivity index (χ1v) is 9.65. The van der Waals surface area contributed by atoms with Gasteiger partial charge < -0.3 is 4.52 Å². The maximum Gasteiger partial charge on any atom is 0.179 e. The fourth-order valence-electron chi connectivity index (χ4n) is 0.999. The zero-order valence-electron chi connectivity index (χ0n) is 6.88. The minimum atomic E-state index is -1.63. The van der Waals surface area contributed by atoms with Crippen molar-refractivity contribution in [1.82, 2.24) is 0 Å². The van der Waals surface area contributed by atoms with Gasteiger partial charge in [0.1, 0.15) is 0 Å². The van der Waals surface area contributed by atoms with Crippen LogP contribution >= 0.6 is 27.4 Å². The van der Waals surface area contributed by atoms with Gasteiger partial charge in [-0.15, -0.1) is 0 Å². The van der Waals surface area contributed by atoms with Gasteiger partial charge in [-0.2, -0.15) is 0 Å². The Labute approximate surface area is 91.2 Å². The van der Waals surface area contributed by atoms with Gasteiger partial charge in [-0.05, 0) is 23.9 Å². The molecule has 1 heterocycles.